The average molecular weight is 207 g/mol. The lowest BCUT2D eigenvalue weighted by atomic mass is 10.1. The van der Waals surface area contributed by atoms with Gasteiger partial charge in [0.25, 0.3) is 0 Å². The summed E-state index contributed by atoms with van der Waals surface area (Å²) in [5.41, 5.74) is 1.39. The molecule has 4 heteroatoms. The molecule has 1 N–H and O–H groups in total. The minimum atomic E-state index is -0.126. The molecule has 0 aliphatic heterocycles. The van der Waals surface area contributed by atoms with Crippen molar-refractivity contribution in [3.63, 3.8) is 0 Å². The second-order valence-corrected chi connectivity index (χ2v) is 3.28. The highest BCUT2D eigenvalue weighted by Gasteiger charge is 1.98. The summed E-state index contributed by atoms with van der Waals surface area (Å²) in [6.45, 7) is 0. The largest absolute Gasteiger partial charge is 0.288 e. The number of hydrogen-bond acceptors (Lipinski definition) is 2. The fourth-order valence-corrected chi connectivity index (χ4v) is 1.37. The van der Waals surface area contributed by atoms with Crippen molar-refractivity contribution in [1.82, 2.24) is 10.2 Å². The monoisotopic (exact) mass is 206 g/mol. The second-order valence-electron chi connectivity index (χ2n) is 2.84. The molecule has 0 spiro atoms. The molecule has 3 nitrogen and oxygen atoms in total. The van der Waals surface area contributed by atoms with Crippen molar-refractivity contribution in [3.05, 3.63) is 51.8 Å². The van der Waals surface area contributed by atoms with E-state index in [4.69, 9.17) is 11.6 Å². The van der Waals surface area contributed by atoms with Crippen molar-refractivity contribution in [2.24, 2.45) is 0 Å². The summed E-state index contributed by atoms with van der Waals surface area (Å²) in [7, 11) is 0. The Morgan fingerprint density at radius 2 is 2.14 bits per heavy atom. The minimum Gasteiger partial charge on any atom is -0.288 e. The van der Waals surface area contributed by atoms with Crippen LogP contribution in [0, 0.1) is 0 Å². The third-order valence-electron chi connectivity index (χ3n) is 1.80. The molecule has 0 saturated carbocycles. The summed E-state index contributed by atoms with van der Waals surface area (Å²) in [6.07, 6.45) is 1.23. The van der Waals surface area contributed by atoms with E-state index in [1.165, 1.54) is 12.3 Å². The molecule has 0 saturated heterocycles. The maximum absolute atomic E-state index is 11.0. The highest BCUT2D eigenvalue weighted by atomic mass is 35.5. The van der Waals surface area contributed by atoms with Gasteiger partial charge in [0.05, 0.1) is 11.9 Å². The average Bonchev–Trinajstić information content (AvgIpc) is 2.18. The van der Waals surface area contributed by atoms with Crippen LogP contribution in [0.1, 0.15) is 0 Å². The van der Waals surface area contributed by atoms with Crippen LogP contribution in [0.4, 0.5) is 0 Å². The minimum absolute atomic E-state index is 0.126. The number of halogens is 1. The summed E-state index contributed by atoms with van der Waals surface area (Å²) < 4.78 is 0. The van der Waals surface area contributed by atoms with Crippen molar-refractivity contribution >= 4 is 11.6 Å². The summed E-state index contributed by atoms with van der Waals surface area (Å²) in [5, 5.41) is 7.09. The molecular weight excluding hydrogens is 200 g/mol. The number of rotatable bonds is 1. The van der Waals surface area contributed by atoms with Gasteiger partial charge in [-0.05, 0) is 12.1 Å². The predicted octanol–water partition coefficient (Wildman–Crippen LogP) is 2.09. The predicted molar refractivity (Wildman–Crippen MR) is 55.3 cm³/mol. The Labute approximate surface area is 85.4 Å². The molecule has 0 unspecified atom stereocenters. The summed E-state index contributed by atoms with van der Waals surface area (Å²) in [6, 6.07) is 8.72. The van der Waals surface area contributed by atoms with Crippen LogP contribution in [0.5, 0.6) is 0 Å². The maximum atomic E-state index is 11.0. The lowest BCUT2D eigenvalue weighted by Gasteiger charge is -1.99. The van der Waals surface area contributed by atoms with E-state index < -0.39 is 0 Å². The van der Waals surface area contributed by atoms with Crippen LogP contribution in [0.15, 0.2) is 41.3 Å². The number of nitrogens with zero attached hydrogens (tertiary/aromatic N) is 1. The van der Waals surface area contributed by atoms with Crippen molar-refractivity contribution in [2.45, 2.75) is 0 Å². The zero-order valence-corrected chi connectivity index (χ0v) is 7.95. The van der Waals surface area contributed by atoms with E-state index >= 15 is 0 Å². The van der Waals surface area contributed by atoms with Gasteiger partial charge in [-0.1, -0.05) is 23.7 Å². The van der Waals surface area contributed by atoms with E-state index in [-0.39, 0.29) is 5.43 Å². The fraction of sp³-hybridized carbons (Fsp3) is 0. The standard InChI is InChI=1S/C10H7ClN2O/c11-8-3-1-2-7(4-8)10-5-9(14)6-12-13-10/h1-6H,(H,13,14). The van der Waals surface area contributed by atoms with Gasteiger partial charge in [0.2, 0.25) is 5.43 Å². The van der Waals surface area contributed by atoms with E-state index in [2.05, 4.69) is 10.2 Å². The van der Waals surface area contributed by atoms with E-state index in [0.717, 1.165) is 5.56 Å². The van der Waals surface area contributed by atoms with Crippen molar-refractivity contribution in [3.8, 4) is 11.3 Å². The molecule has 1 heterocycles. The van der Waals surface area contributed by atoms with E-state index in [0.29, 0.717) is 10.7 Å². The van der Waals surface area contributed by atoms with Crippen LogP contribution in [-0.4, -0.2) is 10.2 Å². The van der Waals surface area contributed by atoms with Crippen molar-refractivity contribution in [2.75, 3.05) is 0 Å². The first-order valence-corrected chi connectivity index (χ1v) is 4.44. The molecule has 0 radical (unpaired) electrons. The number of H-pyrrole nitrogens is 1. The van der Waals surface area contributed by atoms with Crippen molar-refractivity contribution in [1.29, 1.82) is 0 Å². The van der Waals surface area contributed by atoms with Crippen molar-refractivity contribution < 1.29 is 0 Å². The summed E-state index contributed by atoms with van der Waals surface area (Å²) >= 11 is 5.82. The van der Waals surface area contributed by atoms with E-state index in [1.807, 2.05) is 12.1 Å². The lowest BCUT2D eigenvalue weighted by molar-refractivity contribution is 1.02. The van der Waals surface area contributed by atoms with Gasteiger partial charge in [-0.3, -0.25) is 9.89 Å². The number of hydrogen-bond donors (Lipinski definition) is 1. The van der Waals surface area contributed by atoms with Crippen LogP contribution in [0.25, 0.3) is 11.3 Å². The van der Waals surface area contributed by atoms with Gasteiger partial charge < -0.3 is 0 Å². The van der Waals surface area contributed by atoms with Gasteiger partial charge in [0.15, 0.2) is 0 Å². The normalized spacial score (nSPS) is 10.1. The molecule has 2 aromatic rings. The topological polar surface area (TPSA) is 45.8 Å². The number of benzene rings is 1. The number of aromatic amines is 1. The Kier molecular flexibility index (Phi) is 2.33. The van der Waals surface area contributed by atoms with Gasteiger partial charge in [-0.2, -0.15) is 5.10 Å². The zero-order valence-electron chi connectivity index (χ0n) is 7.20. The lowest BCUT2D eigenvalue weighted by Crippen LogP contribution is -2.01. The van der Waals surface area contributed by atoms with Crippen LogP contribution in [0.2, 0.25) is 5.02 Å². The third kappa shape index (κ3) is 1.83. The molecule has 0 fully saturated rings. The quantitative estimate of drug-likeness (QED) is 0.777. The van der Waals surface area contributed by atoms with Crippen LogP contribution in [-0.2, 0) is 0 Å². The Balaban J connectivity index is 2.55. The zero-order chi connectivity index (χ0) is 9.97. The Bertz CT molecular complexity index is 507. The third-order valence-corrected chi connectivity index (χ3v) is 2.03. The van der Waals surface area contributed by atoms with Gasteiger partial charge in [-0.15, -0.1) is 0 Å². The first kappa shape index (κ1) is 8.97. The first-order chi connectivity index (χ1) is 6.75. The molecule has 1 aromatic carbocycles. The highest BCUT2D eigenvalue weighted by molar-refractivity contribution is 6.30. The smallest absolute Gasteiger partial charge is 0.200 e. The molecule has 0 aliphatic carbocycles. The molecule has 2 rings (SSSR count). The number of aromatic nitrogens is 2. The number of nitrogens with one attached hydrogen (secondary N) is 1. The molecule has 1 aromatic heterocycles. The molecule has 0 bridgehead atoms. The van der Waals surface area contributed by atoms with Gasteiger partial charge in [0, 0.05) is 16.7 Å². The summed E-state index contributed by atoms with van der Waals surface area (Å²) in [5.74, 6) is 0. The van der Waals surface area contributed by atoms with Gasteiger partial charge >= 0.3 is 0 Å². The highest BCUT2D eigenvalue weighted by Crippen LogP contribution is 2.18. The fourth-order valence-electron chi connectivity index (χ4n) is 1.18. The Hall–Kier alpha value is -1.61. The van der Waals surface area contributed by atoms with E-state index in [1.54, 1.807) is 12.1 Å². The Morgan fingerprint density at radius 3 is 2.86 bits per heavy atom. The van der Waals surface area contributed by atoms with Crippen LogP contribution < -0.4 is 5.43 Å². The molecular formula is C10H7ClN2O. The van der Waals surface area contributed by atoms with Gasteiger partial charge in [0.1, 0.15) is 0 Å². The van der Waals surface area contributed by atoms with Crippen LogP contribution >= 0.6 is 11.6 Å². The Morgan fingerprint density at radius 1 is 1.29 bits per heavy atom. The molecule has 0 aliphatic rings. The maximum Gasteiger partial charge on any atom is 0.200 e. The van der Waals surface area contributed by atoms with Gasteiger partial charge in [-0.25, -0.2) is 0 Å². The summed E-state index contributed by atoms with van der Waals surface area (Å²) in [4.78, 5) is 11.0. The molecule has 70 valence electrons. The first-order valence-electron chi connectivity index (χ1n) is 4.06. The van der Waals surface area contributed by atoms with E-state index in [9.17, 15) is 4.79 Å². The molecule has 14 heavy (non-hydrogen) atoms. The van der Waals surface area contributed by atoms with Crippen LogP contribution in [0.3, 0.4) is 0 Å². The SMILES string of the molecule is O=c1cn[nH]c(-c2cccc(Cl)c2)c1. The molecule has 0 atom stereocenters. The second kappa shape index (κ2) is 3.64. The molecule has 0 amide bonds.